The third-order valence-corrected chi connectivity index (χ3v) is 5.17. The van der Waals surface area contributed by atoms with Gasteiger partial charge in [0.05, 0.1) is 36.9 Å². The van der Waals surface area contributed by atoms with Gasteiger partial charge in [-0.1, -0.05) is 24.3 Å². The lowest BCUT2D eigenvalue weighted by Gasteiger charge is -2.29. The Balaban J connectivity index is 1.78. The lowest BCUT2D eigenvalue weighted by atomic mass is 10.0. The minimum atomic E-state index is -0.511. The van der Waals surface area contributed by atoms with Gasteiger partial charge < -0.3 is 14.4 Å². The van der Waals surface area contributed by atoms with E-state index in [9.17, 15) is 9.90 Å². The summed E-state index contributed by atoms with van der Waals surface area (Å²) in [6.07, 6.45) is -0.511. The minimum Gasteiger partial charge on any atom is -0.390 e. The number of morpholine rings is 1. The molecule has 0 aliphatic carbocycles. The number of pyridine rings is 1. The molecule has 136 valence electrons. The number of fused-ring (bicyclic) bond motifs is 2. The molecular weight excluding hydrogens is 328 g/mol. The molecule has 1 aliphatic heterocycles. The van der Waals surface area contributed by atoms with Gasteiger partial charge in [-0.25, -0.2) is 0 Å². The zero-order valence-electron chi connectivity index (χ0n) is 15.0. The van der Waals surface area contributed by atoms with Crippen LogP contribution in [-0.2, 0) is 11.3 Å². The van der Waals surface area contributed by atoms with Gasteiger partial charge in [-0.05, 0) is 30.7 Å². The molecule has 0 amide bonds. The average molecular weight is 352 g/mol. The summed E-state index contributed by atoms with van der Waals surface area (Å²) in [5.74, 6) is 0. The quantitative estimate of drug-likeness (QED) is 0.731. The first-order valence-corrected chi connectivity index (χ1v) is 9.14. The summed E-state index contributed by atoms with van der Waals surface area (Å²) in [7, 11) is 0. The van der Waals surface area contributed by atoms with Gasteiger partial charge in [-0.2, -0.15) is 0 Å². The molecule has 4 rings (SSSR count). The van der Waals surface area contributed by atoms with Gasteiger partial charge in [0, 0.05) is 30.4 Å². The molecule has 0 saturated carbocycles. The first-order valence-electron chi connectivity index (χ1n) is 9.14. The maximum atomic E-state index is 13.0. The Hall–Kier alpha value is -2.21. The van der Waals surface area contributed by atoms with Crippen molar-refractivity contribution in [3.05, 3.63) is 58.3 Å². The van der Waals surface area contributed by atoms with Crippen molar-refractivity contribution in [1.82, 2.24) is 9.47 Å². The summed E-state index contributed by atoms with van der Waals surface area (Å²) in [6, 6.07) is 13.6. The number of para-hydroxylation sites is 1. The Morgan fingerprint density at radius 3 is 2.58 bits per heavy atom. The van der Waals surface area contributed by atoms with Crippen molar-refractivity contribution in [2.75, 3.05) is 32.8 Å². The molecule has 5 nitrogen and oxygen atoms in total. The van der Waals surface area contributed by atoms with E-state index < -0.39 is 6.10 Å². The smallest absolute Gasteiger partial charge is 0.197 e. The number of benzene rings is 2. The third-order valence-electron chi connectivity index (χ3n) is 5.17. The Bertz CT molecular complexity index is 990. The number of β-amino-alcohol motifs (C(OH)–C–C–N with tert-alkyl or cyclic N) is 1. The van der Waals surface area contributed by atoms with Crippen LogP contribution in [0.1, 0.15) is 5.56 Å². The third kappa shape index (κ3) is 3.14. The van der Waals surface area contributed by atoms with Crippen molar-refractivity contribution in [2.45, 2.75) is 19.6 Å². The normalized spacial score (nSPS) is 17.0. The second-order valence-electron chi connectivity index (χ2n) is 6.99. The fourth-order valence-electron chi connectivity index (χ4n) is 3.89. The number of hydrogen-bond acceptors (Lipinski definition) is 4. The summed E-state index contributed by atoms with van der Waals surface area (Å²) in [6.45, 7) is 6.16. The van der Waals surface area contributed by atoms with Crippen LogP contribution < -0.4 is 5.43 Å². The molecule has 0 radical (unpaired) electrons. The Labute approximate surface area is 152 Å². The minimum absolute atomic E-state index is 0.0626. The van der Waals surface area contributed by atoms with Crippen LogP contribution in [0.4, 0.5) is 0 Å². The molecule has 26 heavy (non-hydrogen) atoms. The van der Waals surface area contributed by atoms with E-state index in [1.807, 2.05) is 49.4 Å². The highest BCUT2D eigenvalue weighted by Crippen LogP contribution is 2.22. The highest BCUT2D eigenvalue weighted by atomic mass is 16.5. The molecule has 3 aromatic rings. The number of hydrogen-bond donors (Lipinski definition) is 1. The number of rotatable bonds is 4. The van der Waals surface area contributed by atoms with E-state index >= 15 is 0 Å². The van der Waals surface area contributed by atoms with Crippen LogP contribution in [-0.4, -0.2) is 53.5 Å². The number of aryl methyl sites for hydroxylation is 1. The predicted molar refractivity (Wildman–Crippen MR) is 104 cm³/mol. The molecule has 5 heteroatoms. The van der Waals surface area contributed by atoms with E-state index in [1.54, 1.807) is 0 Å². The van der Waals surface area contributed by atoms with Gasteiger partial charge in [0.15, 0.2) is 5.43 Å². The van der Waals surface area contributed by atoms with Crippen molar-refractivity contribution >= 4 is 21.8 Å². The molecule has 1 aromatic heterocycles. The summed E-state index contributed by atoms with van der Waals surface area (Å²) < 4.78 is 7.47. The summed E-state index contributed by atoms with van der Waals surface area (Å²) in [5, 5.41) is 12.2. The molecule has 1 aliphatic rings. The maximum absolute atomic E-state index is 13.0. The zero-order chi connectivity index (χ0) is 18.1. The van der Waals surface area contributed by atoms with Gasteiger partial charge in [0.25, 0.3) is 0 Å². The molecular formula is C21H24N2O3. The summed E-state index contributed by atoms with van der Waals surface area (Å²) in [5.41, 5.74) is 2.79. The van der Waals surface area contributed by atoms with E-state index in [0.717, 1.165) is 48.3 Å². The van der Waals surface area contributed by atoms with Crippen molar-refractivity contribution in [3.63, 3.8) is 0 Å². The van der Waals surface area contributed by atoms with Crippen LogP contribution in [0, 0.1) is 6.92 Å². The standard InChI is InChI=1S/C21H24N2O3/c1-15-5-4-8-19-20(15)21(25)17-6-2-3-7-18(17)23(19)14-16(24)13-22-9-11-26-12-10-22/h2-8,16,24H,9-14H2,1H3. The van der Waals surface area contributed by atoms with Crippen LogP contribution in [0.5, 0.6) is 0 Å². The topological polar surface area (TPSA) is 54.7 Å². The predicted octanol–water partition coefficient (Wildman–Crippen LogP) is 2.16. The van der Waals surface area contributed by atoms with Crippen LogP contribution in [0.25, 0.3) is 21.8 Å². The number of aromatic nitrogens is 1. The largest absolute Gasteiger partial charge is 0.390 e. The van der Waals surface area contributed by atoms with E-state index in [0.29, 0.717) is 18.5 Å². The van der Waals surface area contributed by atoms with Crippen molar-refractivity contribution < 1.29 is 9.84 Å². The molecule has 2 aromatic carbocycles. The molecule has 1 saturated heterocycles. The summed E-state index contributed by atoms with van der Waals surface area (Å²) >= 11 is 0. The first-order chi connectivity index (χ1) is 12.6. The van der Waals surface area contributed by atoms with Crippen LogP contribution in [0.2, 0.25) is 0 Å². The number of aliphatic hydroxyl groups is 1. The van der Waals surface area contributed by atoms with Gasteiger partial charge in [-0.3, -0.25) is 9.69 Å². The van der Waals surface area contributed by atoms with E-state index in [2.05, 4.69) is 9.47 Å². The van der Waals surface area contributed by atoms with Crippen molar-refractivity contribution in [1.29, 1.82) is 0 Å². The molecule has 1 atom stereocenters. The van der Waals surface area contributed by atoms with Gasteiger partial charge in [0.1, 0.15) is 0 Å². The Morgan fingerprint density at radius 2 is 1.77 bits per heavy atom. The molecule has 1 fully saturated rings. The average Bonchev–Trinajstić information content (AvgIpc) is 2.66. The van der Waals surface area contributed by atoms with Crippen molar-refractivity contribution in [2.24, 2.45) is 0 Å². The highest BCUT2D eigenvalue weighted by molar-refractivity contribution is 5.95. The SMILES string of the molecule is Cc1cccc2c1c(=O)c1ccccc1n2CC(O)CN1CCOCC1. The Morgan fingerprint density at radius 1 is 1.04 bits per heavy atom. The second-order valence-corrected chi connectivity index (χ2v) is 6.99. The van der Waals surface area contributed by atoms with Gasteiger partial charge >= 0.3 is 0 Å². The monoisotopic (exact) mass is 352 g/mol. The lowest BCUT2D eigenvalue weighted by molar-refractivity contribution is 0.0119. The maximum Gasteiger partial charge on any atom is 0.197 e. The van der Waals surface area contributed by atoms with Crippen LogP contribution in [0.15, 0.2) is 47.3 Å². The van der Waals surface area contributed by atoms with Gasteiger partial charge in [-0.15, -0.1) is 0 Å². The fraction of sp³-hybridized carbons (Fsp3) is 0.381. The van der Waals surface area contributed by atoms with Crippen LogP contribution >= 0.6 is 0 Å². The number of nitrogens with zero attached hydrogens (tertiary/aromatic N) is 2. The molecule has 0 spiro atoms. The highest BCUT2D eigenvalue weighted by Gasteiger charge is 2.18. The summed E-state index contributed by atoms with van der Waals surface area (Å²) in [4.78, 5) is 15.2. The second kappa shape index (κ2) is 7.19. The molecule has 1 N–H and O–H groups in total. The molecule has 2 heterocycles. The zero-order valence-corrected chi connectivity index (χ0v) is 15.0. The molecule has 1 unspecified atom stereocenters. The van der Waals surface area contributed by atoms with E-state index in [-0.39, 0.29) is 5.43 Å². The van der Waals surface area contributed by atoms with Crippen LogP contribution in [0.3, 0.4) is 0 Å². The van der Waals surface area contributed by atoms with Gasteiger partial charge in [0.2, 0.25) is 0 Å². The van der Waals surface area contributed by atoms with E-state index in [1.165, 1.54) is 0 Å². The number of ether oxygens (including phenoxy) is 1. The number of aliphatic hydroxyl groups excluding tert-OH is 1. The lowest BCUT2D eigenvalue weighted by Crippen LogP contribution is -2.42. The fourth-order valence-corrected chi connectivity index (χ4v) is 3.89. The molecule has 0 bridgehead atoms. The first kappa shape index (κ1) is 17.2. The van der Waals surface area contributed by atoms with E-state index in [4.69, 9.17) is 4.74 Å². The van der Waals surface area contributed by atoms with Crippen molar-refractivity contribution in [3.8, 4) is 0 Å². The Kier molecular flexibility index (Phi) is 4.76.